The number of rotatable bonds is 7. The number of hydrogen-bond donors (Lipinski definition) is 1. The van der Waals surface area contributed by atoms with Crippen molar-refractivity contribution in [1.29, 1.82) is 0 Å². The number of benzene rings is 1. The molecule has 0 heterocycles. The molecule has 0 atom stereocenters. The fraction of sp³-hybridized carbons (Fsp3) is 0.571. The molecule has 0 aliphatic heterocycles. The molecule has 0 spiro atoms. The molecule has 1 N–H and O–H groups in total. The SMILES string of the molecule is Fc1ccc(CNCCOCC2CC2)c(C(F)(F)F)c1. The van der Waals surface area contributed by atoms with Crippen molar-refractivity contribution < 1.29 is 22.3 Å². The van der Waals surface area contributed by atoms with E-state index in [1.165, 1.54) is 12.8 Å². The molecule has 0 amide bonds. The van der Waals surface area contributed by atoms with Crippen molar-refractivity contribution >= 4 is 0 Å². The molecule has 0 bridgehead atoms. The summed E-state index contributed by atoms with van der Waals surface area (Å²) in [5.74, 6) is -0.210. The van der Waals surface area contributed by atoms with Crippen LogP contribution in [0, 0.1) is 11.7 Å². The Labute approximate surface area is 115 Å². The Hall–Kier alpha value is -1.14. The second-order valence-corrected chi connectivity index (χ2v) is 4.99. The van der Waals surface area contributed by atoms with Gasteiger partial charge in [-0.1, -0.05) is 6.07 Å². The van der Waals surface area contributed by atoms with Crippen LogP contribution in [0.4, 0.5) is 17.6 Å². The van der Waals surface area contributed by atoms with Crippen LogP contribution in [0.3, 0.4) is 0 Å². The molecule has 1 aromatic rings. The van der Waals surface area contributed by atoms with Gasteiger partial charge in [0.25, 0.3) is 0 Å². The molecule has 0 saturated heterocycles. The van der Waals surface area contributed by atoms with Crippen molar-refractivity contribution in [2.75, 3.05) is 19.8 Å². The molecule has 2 nitrogen and oxygen atoms in total. The zero-order valence-corrected chi connectivity index (χ0v) is 11.0. The van der Waals surface area contributed by atoms with E-state index in [0.717, 1.165) is 18.7 Å². The number of ether oxygens (including phenoxy) is 1. The Morgan fingerprint density at radius 3 is 2.65 bits per heavy atom. The Balaban J connectivity index is 1.79. The van der Waals surface area contributed by atoms with Gasteiger partial charge in [0.05, 0.1) is 12.2 Å². The van der Waals surface area contributed by atoms with Crippen molar-refractivity contribution in [3.63, 3.8) is 0 Å². The maximum absolute atomic E-state index is 12.9. The summed E-state index contributed by atoms with van der Waals surface area (Å²) in [5, 5.41) is 2.88. The highest BCUT2D eigenvalue weighted by atomic mass is 19.4. The quantitative estimate of drug-likeness (QED) is 0.614. The molecule has 0 radical (unpaired) electrons. The van der Waals surface area contributed by atoms with Crippen LogP contribution in [-0.2, 0) is 17.5 Å². The van der Waals surface area contributed by atoms with E-state index < -0.39 is 17.6 Å². The predicted molar refractivity (Wildman–Crippen MR) is 66.7 cm³/mol. The molecule has 1 saturated carbocycles. The second kappa shape index (κ2) is 6.54. The summed E-state index contributed by atoms with van der Waals surface area (Å²) in [6.07, 6.45) is -2.13. The van der Waals surface area contributed by atoms with Gasteiger partial charge in [-0.05, 0) is 36.5 Å². The van der Waals surface area contributed by atoms with Crippen LogP contribution in [0.2, 0.25) is 0 Å². The summed E-state index contributed by atoms with van der Waals surface area (Å²) in [6, 6.07) is 2.73. The fourth-order valence-corrected chi connectivity index (χ4v) is 1.87. The molecule has 0 unspecified atom stereocenters. The van der Waals surface area contributed by atoms with Crippen molar-refractivity contribution in [1.82, 2.24) is 5.32 Å². The van der Waals surface area contributed by atoms with Gasteiger partial charge in [-0.25, -0.2) is 4.39 Å². The first-order valence-corrected chi connectivity index (χ1v) is 6.61. The minimum atomic E-state index is -4.54. The molecule has 1 aliphatic carbocycles. The highest BCUT2D eigenvalue weighted by Gasteiger charge is 2.33. The predicted octanol–water partition coefficient (Wildman–Crippen LogP) is 3.36. The van der Waals surface area contributed by atoms with Gasteiger partial charge < -0.3 is 10.1 Å². The average Bonchev–Trinajstić information content (AvgIpc) is 3.18. The summed E-state index contributed by atoms with van der Waals surface area (Å²) < 4.78 is 56.5. The van der Waals surface area contributed by atoms with Gasteiger partial charge >= 0.3 is 6.18 Å². The molecule has 2 rings (SSSR count). The minimum absolute atomic E-state index is 0.0427. The summed E-state index contributed by atoms with van der Waals surface area (Å²) in [5.41, 5.74) is -0.884. The van der Waals surface area contributed by atoms with Gasteiger partial charge in [0, 0.05) is 19.7 Å². The standard InChI is InChI=1S/C14H17F4NO/c15-12-4-3-11(13(7-12)14(16,17)18)8-19-5-6-20-9-10-1-2-10/h3-4,7,10,19H,1-2,5-6,8-9H2. The van der Waals surface area contributed by atoms with Crippen LogP contribution in [0.25, 0.3) is 0 Å². The smallest absolute Gasteiger partial charge is 0.380 e. The van der Waals surface area contributed by atoms with Crippen LogP contribution >= 0.6 is 0 Å². The summed E-state index contributed by atoms with van der Waals surface area (Å²) in [7, 11) is 0. The summed E-state index contributed by atoms with van der Waals surface area (Å²) in [6.45, 7) is 1.72. The van der Waals surface area contributed by atoms with E-state index in [1.54, 1.807) is 0 Å². The van der Waals surface area contributed by atoms with Gasteiger partial charge in [-0.3, -0.25) is 0 Å². The van der Waals surface area contributed by atoms with Crippen LogP contribution < -0.4 is 5.32 Å². The number of halogens is 4. The van der Waals surface area contributed by atoms with Crippen LogP contribution in [-0.4, -0.2) is 19.8 Å². The van der Waals surface area contributed by atoms with Gasteiger partial charge in [0.2, 0.25) is 0 Å². The molecule has 112 valence electrons. The molecule has 6 heteroatoms. The second-order valence-electron chi connectivity index (χ2n) is 4.99. The lowest BCUT2D eigenvalue weighted by molar-refractivity contribution is -0.138. The first-order chi connectivity index (χ1) is 9.47. The van der Waals surface area contributed by atoms with Crippen molar-refractivity contribution in [2.45, 2.75) is 25.6 Å². The van der Waals surface area contributed by atoms with E-state index in [0.29, 0.717) is 25.1 Å². The third-order valence-electron chi connectivity index (χ3n) is 3.17. The lowest BCUT2D eigenvalue weighted by Crippen LogP contribution is -2.22. The molecular weight excluding hydrogens is 274 g/mol. The first-order valence-electron chi connectivity index (χ1n) is 6.61. The number of nitrogens with one attached hydrogen (secondary N) is 1. The lowest BCUT2D eigenvalue weighted by atomic mass is 10.1. The summed E-state index contributed by atoms with van der Waals surface area (Å²) in [4.78, 5) is 0. The van der Waals surface area contributed by atoms with Crippen LogP contribution in [0.5, 0.6) is 0 Å². The van der Waals surface area contributed by atoms with E-state index >= 15 is 0 Å². The molecule has 1 aliphatic rings. The molecular formula is C14H17F4NO. The highest BCUT2D eigenvalue weighted by molar-refractivity contribution is 5.30. The van der Waals surface area contributed by atoms with Gasteiger partial charge in [0.1, 0.15) is 5.82 Å². The van der Waals surface area contributed by atoms with E-state index in [2.05, 4.69) is 5.32 Å². The average molecular weight is 291 g/mol. The summed E-state index contributed by atoms with van der Waals surface area (Å²) >= 11 is 0. The third kappa shape index (κ3) is 4.76. The Bertz CT molecular complexity index is 443. The van der Waals surface area contributed by atoms with Gasteiger partial charge in [-0.2, -0.15) is 13.2 Å². The number of hydrogen-bond acceptors (Lipinski definition) is 2. The Kier molecular flexibility index (Phi) is 4.99. The zero-order chi connectivity index (χ0) is 14.6. The molecule has 1 aromatic carbocycles. The van der Waals surface area contributed by atoms with E-state index in [4.69, 9.17) is 4.74 Å². The van der Waals surface area contributed by atoms with Crippen molar-refractivity contribution in [3.05, 3.63) is 35.1 Å². The normalized spacial score (nSPS) is 15.6. The van der Waals surface area contributed by atoms with Crippen LogP contribution in [0.15, 0.2) is 18.2 Å². The monoisotopic (exact) mass is 291 g/mol. The van der Waals surface area contributed by atoms with Crippen molar-refractivity contribution in [2.24, 2.45) is 5.92 Å². The van der Waals surface area contributed by atoms with Gasteiger partial charge in [-0.15, -0.1) is 0 Å². The topological polar surface area (TPSA) is 21.3 Å². The fourth-order valence-electron chi connectivity index (χ4n) is 1.87. The van der Waals surface area contributed by atoms with Crippen LogP contribution in [0.1, 0.15) is 24.0 Å². The van der Waals surface area contributed by atoms with Crippen molar-refractivity contribution in [3.8, 4) is 0 Å². The Morgan fingerprint density at radius 1 is 1.25 bits per heavy atom. The lowest BCUT2D eigenvalue weighted by Gasteiger charge is -2.13. The Morgan fingerprint density at radius 2 is 2.00 bits per heavy atom. The highest BCUT2D eigenvalue weighted by Crippen LogP contribution is 2.32. The minimum Gasteiger partial charge on any atom is -0.380 e. The molecule has 0 aromatic heterocycles. The number of alkyl halides is 3. The largest absolute Gasteiger partial charge is 0.416 e. The zero-order valence-electron chi connectivity index (χ0n) is 11.0. The third-order valence-corrected chi connectivity index (χ3v) is 3.17. The van der Waals surface area contributed by atoms with E-state index in [-0.39, 0.29) is 12.1 Å². The maximum atomic E-state index is 12.9. The maximum Gasteiger partial charge on any atom is 0.416 e. The van der Waals surface area contributed by atoms with E-state index in [1.807, 2.05) is 0 Å². The molecule has 20 heavy (non-hydrogen) atoms. The molecule has 1 fully saturated rings. The first kappa shape index (κ1) is 15.3. The van der Waals surface area contributed by atoms with Gasteiger partial charge in [0.15, 0.2) is 0 Å². The van der Waals surface area contributed by atoms with E-state index in [9.17, 15) is 17.6 Å².